The zero-order valence-electron chi connectivity index (χ0n) is 14.7. The lowest BCUT2D eigenvalue weighted by Crippen LogP contribution is -2.24. The summed E-state index contributed by atoms with van der Waals surface area (Å²) in [5.74, 6) is -0.135. The minimum absolute atomic E-state index is 0.135. The monoisotopic (exact) mass is 331 g/mol. The van der Waals surface area contributed by atoms with Crippen molar-refractivity contribution in [1.29, 1.82) is 0 Å². The maximum atomic E-state index is 12.4. The number of amides is 1. The van der Waals surface area contributed by atoms with Crippen LogP contribution >= 0.6 is 0 Å². The summed E-state index contributed by atoms with van der Waals surface area (Å²) in [5.41, 5.74) is 8.53. The average Bonchev–Trinajstić information content (AvgIpc) is 2.88. The number of hydrogen-bond acceptors (Lipinski definition) is 2. The van der Waals surface area contributed by atoms with Crippen LogP contribution in [0.3, 0.4) is 0 Å². The average molecular weight is 331 g/mol. The first kappa shape index (κ1) is 16.7. The maximum Gasteiger partial charge on any atom is 0.270 e. The minimum Gasteiger partial charge on any atom is -0.267 e. The summed E-state index contributed by atoms with van der Waals surface area (Å²) < 4.78 is 1.80. The Labute approximate surface area is 147 Å². The van der Waals surface area contributed by atoms with E-state index in [1.54, 1.807) is 16.8 Å². The topological polar surface area (TPSA) is 46.4 Å². The molecule has 3 rings (SSSR count). The number of carbonyl (C=O) groups is 1. The summed E-state index contributed by atoms with van der Waals surface area (Å²) in [6.45, 7) is 5.97. The zero-order valence-corrected chi connectivity index (χ0v) is 14.7. The highest BCUT2D eigenvalue weighted by Gasteiger charge is 2.11. The van der Waals surface area contributed by atoms with Crippen LogP contribution in [0.2, 0.25) is 0 Å². The molecule has 0 atom stereocenters. The van der Waals surface area contributed by atoms with E-state index in [2.05, 4.69) is 10.4 Å². The molecule has 1 N–H and O–H groups in total. The van der Waals surface area contributed by atoms with Gasteiger partial charge < -0.3 is 0 Å². The highest BCUT2D eigenvalue weighted by atomic mass is 16.2. The Balaban J connectivity index is 1.82. The fourth-order valence-corrected chi connectivity index (χ4v) is 2.70. The van der Waals surface area contributed by atoms with E-state index in [0.717, 1.165) is 22.6 Å². The van der Waals surface area contributed by atoms with E-state index in [0.29, 0.717) is 5.56 Å². The van der Waals surface area contributed by atoms with Crippen LogP contribution in [-0.4, -0.2) is 16.8 Å². The molecule has 1 aromatic heterocycles. The van der Waals surface area contributed by atoms with Gasteiger partial charge in [-0.3, -0.25) is 19.9 Å². The SMILES string of the molecule is Cc1cccc(N=Cc2cc(C)n(NC(=O)c3ccccc3)c2C)c1. The number of aliphatic imine (C=N–C) groups is 1. The lowest BCUT2D eigenvalue weighted by atomic mass is 10.2. The Kier molecular flexibility index (Phi) is 4.80. The van der Waals surface area contributed by atoms with E-state index in [4.69, 9.17) is 0 Å². The van der Waals surface area contributed by atoms with Crippen LogP contribution in [0.25, 0.3) is 0 Å². The first-order chi connectivity index (χ1) is 12.0. The summed E-state index contributed by atoms with van der Waals surface area (Å²) in [7, 11) is 0. The van der Waals surface area contributed by atoms with Gasteiger partial charge >= 0.3 is 0 Å². The molecule has 0 spiro atoms. The van der Waals surface area contributed by atoms with Crippen molar-refractivity contribution in [1.82, 2.24) is 4.68 Å². The van der Waals surface area contributed by atoms with Crippen molar-refractivity contribution in [2.24, 2.45) is 4.99 Å². The van der Waals surface area contributed by atoms with Gasteiger partial charge in [0, 0.05) is 28.7 Å². The van der Waals surface area contributed by atoms with Gasteiger partial charge in [-0.2, -0.15) is 0 Å². The summed E-state index contributed by atoms with van der Waals surface area (Å²) in [6.07, 6.45) is 1.84. The number of aryl methyl sites for hydroxylation is 2. The predicted octanol–water partition coefficient (Wildman–Crippen LogP) is 4.55. The highest BCUT2D eigenvalue weighted by molar-refractivity contribution is 6.00. The van der Waals surface area contributed by atoms with Crippen molar-refractivity contribution in [2.75, 3.05) is 5.43 Å². The van der Waals surface area contributed by atoms with E-state index >= 15 is 0 Å². The first-order valence-electron chi connectivity index (χ1n) is 8.20. The summed E-state index contributed by atoms with van der Waals surface area (Å²) in [5, 5.41) is 0. The Hall–Kier alpha value is -3.14. The fraction of sp³-hybridized carbons (Fsp3) is 0.143. The van der Waals surface area contributed by atoms with Gasteiger partial charge in [-0.1, -0.05) is 30.3 Å². The predicted molar refractivity (Wildman–Crippen MR) is 102 cm³/mol. The fourth-order valence-electron chi connectivity index (χ4n) is 2.70. The molecule has 0 bridgehead atoms. The zero-order chi connectivity index (χ0) is 17.8. The lowest BCUT2D eigenvalue weighted by Gasteiger charge is -2.11. The molecule has 2 aromatic carbocycles. The summed E-state index contributed by atoms with van der Waals surface area (Å²) >= 11 is 0. The molecule has 0 aliphatic carbocycles. The van der Waals surface area contributed by atoms with Crippen molar-refractivity contribution in [3.05, 3.63) is 88.7 Å². The van der Waals surface area contributed by atoms with Gasteiger partial charge in [0.25, 0.3) is 5.91 Å². The Bertz CT molecular complexity index is 924. The Morgan fingerprint density at radius 1 is 1.00 bits per heavy atom. The second kappa shape index (κ2) is 7.18. The van der Waals surface area contributed by atoms with E-state index in [1.165, 1.54) is 5.56 Å². The van der Waals surface area contributed by atoms with Crippen LogP contribution < -0.4 is 5.43 Å². The largest absolute Gasteiger partial charge is 0.270 e. The van der Waals surface area contributed by atoms with Crippen molar-refractivity contribution in [3.63, 3.8) is 0 Å². The van der Waals surface area contributed by atoms with Crippen molar-refractivity contribution in [2.45, 2.75) is 20.8 Å². The third-order valence-corrected chi connectivity index (χ3v) is 4.07. The second-order valence-electron chi connectivity index (χ2n) is 6.07. The van der Waals surface area contributed by atoms with Crippen molar-refractivity contribution < 1.29 is 4.79 Å². The molecule has 0 unspecified atom stereocenters. The lowest BCUT2D eigenvalue weighted by molar-refractivity contribution is 0.101. The van der Waals surface area contributed by atoms with Gasteiger partial charge in [-0.15, -0.1) is 0 Å². The van der Waals surface area contributed by atoms with Crippen molar-refractivity contribution >= 4 is 17.8 Å². The molecule has 126 valence electrons. The number of aromatic nitrogens is 1. The van der Waals surface area contributed by atoms with Gasteiger partial charge in [0.1, 0.15) is 0 Å². The van der Waals surface area contributed by atoms with Crippen LogP contribution in [0.4, 0.5) is 5.69 Å². The maximum absolute atomic E-state index is 12.4. The van der Waals surface area contributed by atoms with Crippen LogP contribution in [0, 0.1) is 20.8 Å². The minimum atomic E-state index is -0.135. The molecule has 0 aliphatic heterocycles. The molecule has 0 saturated carbocycles. The molecule has 0 fully saturated rings. The number of benzene rings is 2. The normalized spacial score (nSPS) is 11.0. The molecule has 25 heavy (non-hydrogen) atoms. The van der Waals surface area contributed by atoms with Gasteiger partial charge in [0.05, 0.1) is 5.69 Å². The van der Waals surface area contributed by atoms with Gasteiger partial charge in [0.15, 0.2) is 0 Å². The molecular formula is C21H21N3O. The Morgan fingerprint density at radius 3 is 2.48 bits per heavy atom. The van der Waals surface area contributed by atoms with Crippen LogP contribution in [0.1, 0.15) is 32.9 Å². The smallest absolute Gasteiger partial charge is 0.267 e. The standard InChI is InChI=1S/C21H21N3O/c1-15-8-7-11-20(12-15)22-14-19-13-16(2)24(17(19)3)23-21(25)18-9-5-4-6-10-18/h4-14H,1-3H3,(H,23,25). The van der Waals surface area contributed by atoms with E-state index < -0.39 is 0 Å². The van der Waals surface area contributed by atoms with E-state index in [9.17, 15) is 4.79 Å². The number of carbonyl (C=O) groups excluding carboxylic acids is 1. The molecule has 4 nitrogen and oxygen atoms in total. The molecule has 4 heteroatoms. The third kappa shape index (κ3) is 3.86. The van der Waals surface area contributed by atoms with Crippen LogP contribution in [0.15, 0.2) is 65.7 Å². The first-order valence-corrected chi connectivity index (χ1v) is 8.20. The third-order valence-electron chi connectivity index (χ3n) is 4.07. The summed E-state index contributed by atoms with van der Waals surface area (Å²) in [4.78, 5) is 16.9. The molecule has 0 aliphatic rings. The highest BCUT2D eigenvalue weighted by Crippen LogP contribution is 2.16. The number of nitrogens with zero attached hydrogens (tertiary/aromatic N) is 2. The number of rotatable bonds is 4. The molecule has 3 aromatic rings. The number of nitrogens with one attached hydrogen (secondary N) is 1. The molecule has 1 heterocycles. The van der Waals surface area contributed by atoms with E-state index in [-0.39, 0.29) is 5.91 Å². The van der Waals surface area contributed by atoms with Crippen LogP contribution in [0.5, 0.6) is 0 Å². The van der Waals surface area contributed by atoms with Crippen LogP contribution in [-0.2, 0) is 0 Å². The van der Waals surface area contributed by atoms with Gasteiger partial charge in [0.2, 0.25) is 0 Å². The van der Waals surface area contributed by atoms with Gasteiger partial charge in [-0.05, 0) is 56.7 Å². The van der Waals surface area contributed by atoms with E-state index in [1.807, 2.05) is 75.5 Å². The Morgan fingerprint density at radius 2 is 1.76 bits per heavy atom. The molecule has 1 amide bonds. The molecule has 0 saturated heterocycles. The van der Waals surface area contributed by atoms with Gasteiger partial charge in [-0.25, -0.2) is 0 Å². The number of hydrogen-bond donors (Lipinski definition) is 1. The van der Waals surface area contributed by atoms with Crippen molar-refractivity contribution in [3.8, 4) is 0 Å². The summed E-state index contributed by atoms with van der Waals surface area (Å²) in [6, 6.07) is 19.2. The molecule has 0 radical (unpaired) electrons. The molecular weight excluding hydrogens is 310 g/mol. The quantitative estimate of drug-likeness (QED) is 0.701. The second-order valence-corrected chi connectivity index (χ2v) is 6.07.